The van der Waals surface area contributed by atoms with Crippen molar-refractivity contribution < 1.29 is 0 Å². The Morgan fingerprint density at radius 2 is 2.33 bits per heavy atom. The molecule has 0 bridgehead atoms. The molecule has 2 heterocycles. The molecule has 3 nitrogen and oxygen atoms in total. The number of thiophene rings is 1. The SMILES string of the molecule is CCCNC(Cc1ccn(C)n1)c1sccc1Cl. The van der Waals surface area contributed by atoms with Gasteiger partial charge in [0, 0.05) is 30.6 Å². The molecule has 1 unspecified atom stereocenters. The zero-order valence-corrected chi connectivity index (χ0v) is 12.3. The average Bonchev–Trinajstić information content (AvgIpc) is 2.93. The van der Waals surface area contributed by atoms with Gasteiger partial charge < -0.3 is 5.32 Å². The molecule has 0 amide bonds. The highest BCUT2D eigenvalue weighted by molar-refractivity contribution is 7.10. The van der Waals surface area contributed by atoms with Gasteiger partial charge in [-0.05, 0) is 30.5 Å². The Bertz CT molecular complexity index is 492. The number of aromatic nitrogens is 2. The Labute approximate surface area is 117 Å². The Morgan fingerprint density at radius 3 is 2.89 bits per heavy atom. The van der Waals surface area contributed by atoms with Crippen LogP contribution < -0.4 is 5.32 Å². The van der Waals surface area contributed by atoms with Gasteiger partial charge >= 0.3 is 0 Å². The Balaban J connectivity index is 2.12. The third-order valence-corrected chi connectivity index (χ3v) is 4.26. The van der Waals surface area contributed by atoms with E-state index < -0.39 is 0 Å². The molecule has 0 saturated carbocycles. The van der Waals surface area contributed by atoms with Crippen LogP contribution in [-0.4, -0.2) is 16.3 Å². The van der Waals surface area contributed by atoms with Crippen molar-refractivity contribution in [1.82, 2.24) is 15.1 Å². The van der Waals surface area contributed by atoms with Crippen molar-refractivity contribution in [3.8, 4) is 0 Å². The molecule has 0 spiro atoms. The molecule has 0 aliphatic rings. The fourth-order valence-corrected chi connectivity index (χ4v) is 3.18. The molecule has 98 valence electrons. The van der Waals surface area contributed by atoms with Gasteiger partial charge in [0.25, 0.3) is 0 Å². The summed E-state index contributed by atoms with van der Waals surface area (Å²) in [7, 11) is 1.94. The molecule has 5 heteroatoms. The van der Waals surface area contributed by atoms with Gasteiger partial charge in [0.2, 0.25) is 0 Å². The molecule has 2 rings (SSSR count). The van der Waals surface area contributed by atoms with Crippen molar-refractivity contribution in [2.24, 2.45) is 7.05 Å². The second-order valence-electron chi connectivity index (χ2n) is 4.32. The number of nitrogens with zero attached hydrogens (tertiary/aromatic N) is 2. The Hall–Kier alpha value is -0.840. The van der Waals surface area contributed by atoms with Crippen LogP contribution in [0.2, 0.25) is 5.02 Å². The number of hydrogen-bond acceptors (Lipinski definition) is 3. The van der Waals surface area contributed by atoms with E-state index in [9.17, 15) is 0 Å². The summed E-state index contributed by atoms with van der Waals surface area (Å²) in [6, 6.07) is 4.27. The standard InChI is InChI=1S/C13H18ClN3S/c1-3-6-15-12(13-11(14)5-8-18-13)9-10-4-7-17(2)16-10/h4-5,7-8,12,15H,3,6,9H2,1-2H3. The van der Waals surface area contributed by atoms with Crippen LogP contribution in [0, 0.1) is 0 Å². The van der Waals surface area contributed by atoms with Gasteiger partial charge in [-0.2, -0.15) is 5.10 Å². The minimum atomic E-state index is 0.257. The summed E-state index contributed by atoms with van der Waals surface area (Å²) in [5.74, 6) is 0. The minimum absolute atomic E-state index is 0.257. The first-order valence-electron chi connectivity index (χ1n) is 6.15. The van der Waals surface area contributed by atoms with E-state index >= 15 is 0 Å². The Kier molecular flexibility index (Phi) is 4.80. The lowest BCUT2D eigenvalue weighted by atomic mass is 10.1. The molecule has 2 aromatic heterocycles. The smallest absolute Gasteiger partial charge is 0.0643 e. The highest BCUT2D eigenvalue weighted by Crippen LogP contribution is 2.30. The molecule has 2 aromatic rings. The van der Waals surface area contributed by atoms with Crippen molar-refractivity contribution in [1.29, 1.82) is 0 Å². The fourth-order valence-electron chi connectivity index (χ4n) is 1.91. The molecule has 0 saturated heterocycles. The first-order valence-corrected chi connectivity index (χ1v) is 7.41. The van der Waals surface area contributed by atoms with E-state index in [-0.39, 0.29) is 6.04 Å². The average molecular weight is 284 g/mol. The molecule has 0 aliphatic carbocycles. The molecule has 18 heavy (non-hydrogen) atoms. The molecule has 0 fully saturated rings. The van der Waals surface area contributed by atoms with Crippen molar-refractivity contribution in [2.75, 3.05) is 6.54 Å². The van der Waals surface area contributed by atoms with Crippen molar-refractivity contribution >= 4 is 22.9 Å². The van der Waals surface area contributed by atoms with E-state index in [1.807, 2.05) is 29.4 Å². The first-order chi connectivity index (χ1) is 8.70. The fraction of sp³-hybridized carbons (Fsp3) is 0.462. The van der Waals surface area contributed by atoms with Gasteiger partial charge in [-0.1, -0.05) is 18.5 Å². The van der Waals surface area contributed by atoms with E-state index in [4.69, 9.17) is 11.6 Å². The van der Waals surface area contributed by atoms with Gasteiger partial charge in [-0.25, -0.2) is 0 Å². The van der Waals surface area contributed by atoms with Crippen LogP contribution in [0.1, 0.15) is 30.0 Å². The maximum atomic E-state index is 6.23. The monoisotopic (exact) mass is 283 g/mol. The summed E-state index contributed by atoms with van der Waals surface area (Å²) in [5.41, 5.74) is 1.09. The van der Waals surface area contributed by atoms with Crippen LogP contribution in [-0.2, 0) is 13.5 Å². The summed E-state index contributed by atoms with van der Waals surface area (Å²) in [4.78, 5) is 1.20. The largest absolute Gasteiger partial charge is 0.309 e. The summed E-state index contributed by atoms with van der Waals surface area (Å²) < 4.78 is 1.84. The molecule has 1 N–H and O–H groups in total. The lowest BCUT2D eigenvalue weighted by Gasteiger charge is -2.16. The van der Waals surface area contributed by atoms with Crippen LogP contribution >= 0.6 is 22.9 Å². The number of halogens is 1. The van der Waals surface area contributed by atoms with Gasteiger partial charge in [0.05, 0.1) is 10.7 Å². The van der Waals surface area contributed by atoms with Crippen LogP contribution in [0.25, 0.3) is 0 Å². The lowest BCUT2D eigenvalue weighted by Crippen LogP contribution is -2.23. The number of nitrogens with one attached hydrogen (secondary N) is 1. The van der Waals surface area contributed by atoms with Crippen LogP contribution in [0.3, 0.4) is 0 Å². The maximum absolute atomic E-state index is 6.23. The van der Waals surface area contributed by atoms with Crippen molar-refractivity contribution in [3.63, 3.8) is 0 Å². The van der Waals surface area contributed by atoms with Gasteiger partial charge in [-0.15, -0.1) is 11.3 Å². The van der Waals surface area contributed by atoms with E-state index in [1.165, 1.54) is 4.88 Å². The predicted octanol–water partition coefficient (Wildman–Crippen LogP) is 3.42. The van der Waals surface area contributed by atoms with E-state index in [0.29, 0.717) is 0 Å². The normalized spacial score (nSPS) is 12.8. The number of hydrogen-bond donors (Lipinski definition) is 1. The molecule has 1 atom stereocenters. The maximum Gasteiger partial charge on any atom is 0.0643 e. The zero-order chi connectivity index (χ0) is 13.0. The summed E-state index contributed by atoms with van der Waals surface area (Å²) >= 11 is 7.93. The van der Waals surface area contributed by atoms with E-state index in [2.05, 4.69) is 23.4 Å². The molecule has 0 radical (unpaired) electrons. The molecule has 0 aliphatic heterocycles. The van der Waals surface area contributed by atoms with Crippen LogP contribution in [0.15, 0.2) is 23.7 Å². The van der Waals surface area contributed by atoms with Gasteiger partial charge in [0.15, 0.2) is 0 Å². The minimum Gasteiger partial charge on any atom is -0.309 e. The molecular weight excluding hydrogens is 266 g/mol. The van der Waals surface area contributed by atoms with Crippen LogP contribution in [0.4, 0.5) is 0 Å². The van der Waals surface area contributed by atoms with Crippen molar-refractivity contribution in [3.05, 3.63) is 39.3 Å². The van der Waals surface area contributed by atoms with Crippen LogP contribution in [0.5, 0.6) is 0 Å². The van der Waals surface area contributed by atoms with E-state index in [1.54, 1.807) is 11.3 Å². The highest BCUT2D eigenvalue weighted by Gasteiger charge is 2.17. The van der Waals surface area contributed by atoms with E-state index in [0.717, 1.165) is 30.1 Å². The summed E-state index contributed by atoms with van der Waals surface area (Å²) in [5, 5.41) is 10.9. The second kappa shape index (κ2) is 6.36. The summed E-state index contributed by atoms with van der Waals surface area (Å²) in [6.45, 7) is 3.16. The summed E-state index contributed by atoms with van der Waals surface area (Å²) in [6.07, 6.45) is 3.96. The molecular formula is C13H18ClN3S. The van der Waals surface area contributed by atoms with Crippen molar-refractivity contribution in [2.45, 2.75) is 25.8 Å². The van der Waals surface area contributed by atoms with Gasteiger partial charge in [0.1, 0.15) is 0 Å². The second-order valence-corrected chi connectivity index (χ2v) is 5.68. The molecule has 0 aromatic carbocycles. The lowest BCUT2D eigenvalue weighted by molar-refractivity contribution is 0.528. The van der Waals surface area contributed by atoms with Gasteiger partial charge in [-0.3, -0.25) is 4.68 Å². The zero-order valence-electron chi connectivity index (χ0n) is 10.7. The third-order valence-electron chi connectivity index (χ3n) is 2.78. The highest BCUT2D eigenvalue weighted by atomic mass is 35.5. The third kappa shape index (κ3) is 3.34. The topological polar surface area (TPSA) is 29.9 Å². The first kappa shape index (κ1) is 13.6. The Morgan fingerprint density at radius 1 is 1.50 bits per heavy atom. The number of rotatable bonds is 6. The quantitative estimate of drug-likeness (QED) is 0.880. The predicted molar refractivity (Wildman–Crippen MR) is 77.3 cm³/mol. The number of aryl methyl sites for hydroxylation is 1.